The van der Waals surface area contributed by atoms with Crippen LogP contribution < -0.4 is 10.9 Å². The second-order valence-electron chi connectivity index (χ2n) is 5.18. The van der Waals surface area contributed by atoms with Crippen LogP contribution in [-0.2, 0) is 11.8 Å². The van der Waals surface area contributed by atoms with Crippen molar-refractivity contribution in [2.24, 2.45) is 7.05 Å². The lowest BCUT2D eigenvalue weighted by Gasteiger charge is -2.06. The second-order valence-corrected chi connectivity index (χ2v) is 6.23. The molecule has 0 aliphatic heterocycles. The maximum Gasteiger partial charge on any atom is 0.274 e. The number of benzene rings is 2. The molecule has 5 heteroatoms. The largest absolute Gasteiger partial charge is 0.321 e. The second kappa shape index (κ2) is 6.71. The molecule has 0 aliphatic rings. The fraction of sp³-hybridized carbons (Fsp3) is 0.111. The molecule has 23 heavy (non-hydrogen) atoms. The summed E-state index contributed by atoms with van der Waals surface area (Å²) in [6, 6.07) is 17.6. The highest BCUT2D eigenvalue weighted by Gasteiger charge is 2.07. The van der Waals surface area contributed by atoms with Crippen molar-refractivity contribution in [3.63, 3.8) is 0 Å². The Labute approximate surface area is 138 Å². The zero-order valence-corrected chi connectivity index (χ0v) is 13.5. The van der Waals surface area contributed by atoms with Crippen LogP contribution in [0, 0.1) is 0 Å². The van der Waals surface area contributed by atoms with Gasteiger partial charge in [0.1, 0.15) is 5.69 Å². The molecule has 0 unspecified atom stereocenters. The molecule has 1 aromatic heterocycles. The molecule has 3 aromatic rings. The Morgan fingerprint density at radius 3 is 2.70 bits per heavy atom. The number of fused-ring (bicyclic) bond motifs is 1. The van der Waals surface area contributed by atoms with Gasteiger partial charge >= 0.3 is 0 Å². The van der Waals surface area contributed by atoms with Crippen LogP contribution in [0.3, 0.4) is 0 Å². The van der Waals surface area contributed by atoms with Crippen LogP contribution in [0.1, 0.15) is 0 Å². The fourth-order valence-corrected chi connectivity index (χ4v) is 3.03. The summed E-state index contributed by atoms with van der Waals surface area (Å²) >= 11 is 1.45. The number of nitrogens with one attached hydrogen (secondary N) is 1. The molecule has 0 fully saturated rings. The van der Waals surface area contributed by atoms with Crippen molar-refractivity contribution < 1.29 is 4.79 Å². The number of amides is 1. The molecule has 4 nitrogen and oxygen atoms in total. The van der Waals surface area contributed by atoms with E-state index in [4.69, 9.17) is 0 Å². The number of anilines is 1. The van der Waals surface area contributed by atoms with E-state index in [1.807, 2.05) is 30.3 Å². The van der Waals surface area contributed by atoms with E-state index in [1.165, 1.54) is 21.7 Å². The van der Waals surface area contributed by atoms with Gasteiger partial charge in [-0.2, -0.15) is 0 Å². The van der Waals surface area contributed by atoms with E-state index < -0.39 is 0 Å². The highest BCUT2D eigenvalue weighted by molar-refractivity contribution is 8.00. The minimum atomic E-state index is -0.212. The van der Waals surface area contributed by atoms with E-state index in [-0.39, 0.29) is 17.2 Å². The molecule has 0 saturated carbocycles. The number of hydrogen-bond donors (Lipinski definition) is 1. The van der Waals surface area contributed by atoms with E-state index in [1.54, 1.807) is 25.4 Å². The maximum absolute atomic E-state index is 12.0. The van der Waals surface area contributed by atoms with Gasteiger partial charge < -0.3 is 9.88 Å². The van der Waals surface area contributed by atoms with Crippen LogP contribution in [0.5, 0.6) is 0 Å². The zero-order valence-electron chi connectivity index (χ0n) is 12.7. The topological polar surface area (TPSA) is 51.1 Å². The Hall–Kier alpha value is -2.53. The molecule has 0 bridgehead atoms. The number of carbonyl (C=O) groups excluding carboxylic acids is 1. The molecular formula is C18H16N2O2S. The van der Waals surface area contributed by atoms with Gasteiger partial charge in [-0.1, -0.05) is 30.3 Å². The van der Waals surface area contributed by atoms with Gasteiger partial charge in [-0.25, -0.2) is 0 Å². The fourth-order valence-electron chi connectivity index (χ4n) is 2.28. The number of aromatic nitrogens is 1. The summed E-state index contributed by atoms with van der Waals surface area (Å²) in [5.74, 6) is 0.0718. The summed E-state index contributed by atoms with van der Waals surface area (Å²) in [7, 11) is 1.65. The molecule has 0 aliphatic carbocycles. The van der Waals surface area contributed by atoms with Gasteiger partial charge in [-0.3, -0.25) is 9.59 Å². The molecule has 0 atom stereocenters. The molecule has 0 radical (unpaired) electrons. The number of carbonyl (C=O) groups is 1. The van der Waals surface area contributed by atoms with Crippen LogP contribution in [0.15, 0.2) is 70.5 Å². The van der Waals surface area contributed by atoms with Gasteiger partial charge in [0, 0.05) is 18.1 Å². The minimum Gasteiger partial charge on any atom is -0.321 e. The summed E-state index contributed by atoms with van der Waals surface area (Å²) in [4.78, 5) is 24.9. The van der Waals surface area contributed by atoms with Crippen molar-refractivity contribution in [3.05, 3.63) is 71.1 Å². The molecule has 2 aromatic carbocycles. The highest BCUT2D eigenvalue weighted by Crippen LogP contribution is 2.23. The lowest BCUT2D eigenvalue weighted by molar-refractivity contribution is -0.113. The average Bonchev–Trinajstić information content (AvgIpc) is 2.57. The molecule has 1 N–H and O–H groups in total. The highest BCUT2D eigenvalue weighted by atomic mass is 32.2. The number of rotatable bonds is 4. The molecular weight excluding hydrogens is 308 g/mol. The number of thioether (sulfide) groups is 1. The van der Waals surface area contributed by atoms with Crippen LogP contribution in [0.2, 0.25) is 0 Å². The monoisotopic (exact) mass is 324 g/mol. The lowest BCUT2D eigenvalue weighted by atomic mass is 10.1. The normalized spacial score (nSPS) is 10.7. The zero-order chi connectivity index (χ0) is 16.2. The van der Waals surface area contributed by atoms with Crippen molar-refractivity contribution in [1.82, 2.24) is 4.57 Å². The lowest BCUT2D eigenvalue weighted by Crippen LogP contribution is -2.24. The first-order valence-electron chi connectivity index (χ1n) is 7.20. The number of hydrogen-bond acceptors (Lipinski definition) is 3. The molecule has 1 amide bonds. The van der Waals surface area contributed by atoms with Crippen LogP contribution in [0.25, 0.3) is 10.8 Å². The van der Waals surface area contributed by atoms with E-state index >= 15 is 0 Å². The summed E-state index contributed by atoms with van der Waals surface area (Å²) in [6.45, 7) is 0. The quantitative estimate of drug-likeness (QED) is 0.749. The molecule has 0 spiro atoms. The summed E-state index contributed by atoms with van der Waals surface area (Å²) in [5, 5.41) is 4.99. The van der Waals surface area contributed by atoms with E-state index in [0.29, 0.717) is 5.69 Å². The average molecular weight is 324 g/mol. The van der Waals surface area contributed by atoms with Crippen molar-refractivity contribution >= 4 is 34.1 Å². The van der Waals surface area contributed by atoms with Gasteiger partial charge in [-0.15, -0.1) is 11.8 Å². The predicted molar refractivity (Wildman–Crippen MR) is 95.0 cm³/mol. The van der Waals surface area contributed by atoms with Gasteiger partial charge in [-0.05, 0) is 35.0 Å². The Balaban J connectivity index is 1.66. The molecule has 0 saturated heterocycles. The van der Waals surface area contributed by atoms with Crippen LogP contribution in [0.4, 0.5) is 5.69 Å². The van der Waals surface area contributed by atoms with Crippen molar-refractivity contribution in [2.75, 3.05) is 11.1 Å². The smallest absolute Gasteiger partial charge is 0.274 e. The number of pyridine rings is 1. The number of aryl methyl sites for hydroxylation is 1. The third-order valence-corrected chi connectivity index (χ3v) is 4.48. The first-order chi connectivity index (χ1) is 11.1. The third-order valence-electron chi connectivity index (χ3n) is 3.49. The minimum absolute atomic E-state index is 0.188. The van der Waals surface area contributed by atoms with Crippen LogP contribution in [-0.4, -0.2) is 16.2 Å². The standard InChI is InChI=1S/C18H16N2O2S/c1-20-10-4-7-16(18(20)22)19-17(21)12-23-15-9-8-13-5-2-3-6-14(13)11-15/h2-11H,12H2,1H3,(H,19,21). The molecule has 1 heterocycles. The van der Waals surface area contributed by atoms with E-state index in [2.05, 4.69) is 17.4 Å². The van der Waals surface area contributed by atoms with E-state index in [0.717, 1.165) is 10.3 Å². The number of nitrogens with zero attached hydrogens (tertiary/aromatic N) is 1. The van der Waals surface area contributed by atoms with Gasteiger partial charge in [0.05, 0.1) is 5.75 Å². The van der Waals surface area contributed by atoms with Crippen molar-refractivity contribution in [3.8, 4) is 0 Å². The van der Waals surface area contributed by atoms with Crippen molar-refractivity contribution in [1.29, 1.82) is 0 Å². The predicted octanol–water partition coefficient (Wildman–Crippen LogP) is 3.27. The van der Waals surface area contributed by atoms with E-state index in [9.17, 15) is 9.59 Å². The molecule has 116 valence electrons. The summed E-state index contributed by atoms with van der Waals surface area (Å²) < 4.78 is 1.44. The third kappa shape index (κ3) is 3.63. The van der Waals surface area contributed by atoms with Crippen LogP contribution >= 0.6 is 11.8 Å². The van der Waals surface area contributed by atoms with Gasteiger partial charge in [0.25, 0.3) is 5.56 Å². The SMILES string of the molecule is Cn1cccc(NC(=O)CSc2ccc3ccccc3c2)c1=O. The molecule has 3 rings (SSSR count). The first kappa shape index (κ1) is 15.4. The summed E-state index contributed by atoms with van der Waals surface area (Å²) in [5.41, 5.74) is 0.0932. The maximum atomic E-state index is 12.0. The summed E-state index contributed by atoms with van der Waals surface area (Å²) in [6.07, 6.45) is 1.65. The van der Waals surface area contributed by atoms with Crippen molar-refractivity contribution in [2.45, 2.75) is 4.90 Å². The van der Waals surface area contributed by atoms with Gasteiger partial charge in [0.15, 0.2) is 0 Å². The Morgan fingerprint density at radius 2 is 1.87 bits per heavy atom. The Kier molecular flexibility index (Phi) is 4.48. The first-order valence-corrected chi connectivity index (χ1v) is 8.19. The van der Waals surface area contributed by atoms with Gasteiger partial charge in [0.2, 0.25) is 5.91 Å². The Morgan fingerprint density at radius 1 is 1.09 bits per heavy atom. The Bertz CT molecular complexity index is 918.